The van der Waals surface area contributed by atoms with E-state index in [0.717, 1.165) is 61.5 Å². The minimum absolute atomic E-state index is 0.432. The normalized spacial score (nSPS) is 15.3. The van der Waals surface area contributed by atoms with Crippen molar-refractivity contribution >= 4 is 11.9 Å². The van der Waals surface area contributed by atoms with E-state index in [1.54, 1.807) is 12.4 Å². The van der Waals surface area contributed by atoms with Crippen molar-refractivity contribution in [2.75, 3.05) is 11.9 Å². The predicted octanol–water partition coefficient (Wildman–Crippen LogP) is 3.72. The highest BCUT2D eigenvalue weighted by atomic mass is 16.3. The monoisotopic (exact) mass is 352 g/mol. The number of aryl methyl sites for hydroxylation is 3. The summed E-state index contributed by atoms with van der Waals surface area (Å²) < 4.78 is 0. The fourth-order valence-electron chi connectivity index (χ4n) is 3.14. The van der Waals surface area contributed by atoms with Crippen LogP contribution >= 0.6 is 0 Å². The zero-order chi connectivity index (χ0) is 18.2. The van der Waals surface area contributed by atoms with Gasteiger partial charge in [-0.05, 0) is 57.1 Å². The van der Waals surface area contributed by atoms with E-state index in [9.17, 15) is 5.11 Å². The molecule has 26 heavy (non-hydrogen) atoms. The largest absolute Gasteiger partial charge is 0.389 e. The number of nitrogens with zero attached hydrogens (tertiary/aromatic N) is 3. The van der Waals surface area contributed by atoms with Gasteiger partial charge in [0.25, 0.3) is 0 Å². The lowest BCUT2D eigenvalue weighted by molar-refractivity contribution is 0.209. The van der Waals surface area contributed by atoms with Crippen LogP contribution in [0.4, 0.5) is 5.82 Å². The summed E-state index contributed by atoms with van der Waals surface area (Å²) in [5.41, 5.74) is 3.39. The third-order valence-corrected chi connectivity index (χ3v) is 4.70. The lowest BCUT2D eigenvalue weighted by Gasteiger charge is -2.09. The van der Waals surface area contributed by atoms with Gasteiger partial charge in [-0.15, -0.1) is 0 Å². The molecule has 0 unspecified atom stereocenters. The van der Waals surface area contributed by atoms with Gasteiger partial charge in [-0.3, -0.25) is 0 Å². The van der Waals surface area contributed by atoms with Gasteiger partial charge < -0.3 is 10.4 Å². The number of pyridine rings is 1. The molecule has 0 amide bonds. The molecular formula is C21H28N4O. The van der Waals surface area contributed by atoms with Gasteiger partial charge in [-0.1, -0.05) is 24.6 Å². The average Bonchev–Trinajstić information content (AvgIpc) is 2.90. The van der Waals surface area contributed by atoms with E-state index in [-0.39, 0.29) is 0 Å². The van der Waals surface area contributed by atoms with Gasteiger partial charge in [0.2, 0.25) is 0 Å². The van der Waals surface area contributed by atoms with Crippen LogP contribution in [0.1, 0.15) is 54.7 Å². The smallest absolute Gasteiger partial charge is 0.129 e. The first-order valence-electron chi connectivity index (χ1n) is 9.58. The van der Waals surface area contributed by atoms with Gasteiger partial charge in [-0.25, -0.2) is 15.0 Å². The molecule has 0 aromatic carbocycles. The standard InChI is InChI=1S/C21H28N4O/c1-16-23-14-17(15-24-16)9-12-20(26)8-3-2-7-19-11-10-18-6-4-5-13-22-21(18)25-19/h9-12,14-15,20,26H,2-8,13H2,1H3,(H,22,25)/b12-9+/t20-/m1/s1. The molecule has 138 valence electrons. The third-order valence-electron chi connectivity index (χ3n) is 4.70. The minimum atomic E-state index is -0.432. The van der Waals surface area contributed by atoms with Crippen LogP contribution in [0.5, 0.6) is 0 Å². The van der Waals surface area contributed by atoms with E-state index in [1.165, 1.54) is 18.4 Å². The molecule has 2 aromatic rings. The van der Waals surface area contributed by atoms with E-state index in [4.69, 9.17) is 4.98 Å². The topological polar surface area (TPSA) is 70.9 Å². The maximum Gasteiger partial charge on any atom is 0.129 e. The van der Waals surface area contributed by atoms with Crippen LogP contribution in [0.2, 0.25) is 0 Å². The second-order valence-electron chi connectivity index (χ2n) is 6.93. The maximum atomic E-state index is 10.1. The summed E-state index contributed by atoms with van der Waals surface area (Å²) in [6.07, 6.45) is 14.1. The Morgan fingerprint density at radius 1 is 1.19 bits per heavy atom. The van der Waals surface area contributed by atoms with Crippen molar-refractivity contribution in [1.82, 2.24) is 15.0 Å². The van der Waals surface area contributed by atoms with E-state index < -0.39 is 6.10 Å². The summed E-state index contributed by atoms with van der Waals surface area (Å²) in [6, 6.07) is 4.37. The van der Waals surface area contributed by atoms with Crippen molar-refractivity contribution in [3.63, 3.8) is 0 Å². The van der Waals surface area contributed by atoms with Crippen LogP contribution in [-0.4, -0.2) is 32.7 Å². The van der Waals surface area contributed by atoms with Gasteiger partial charge in [0.1, 0.15) is 11.6 Å². The number of nitrogens with one attached hydrogen (secondary N) is 1. The Kier molecular flexibility index (Phi) is 6.72. The summed E-state index contributed by atoms with van der Waals surface area (Å²) >= 11 is 0. The van der Waals surface area contributed by atoms with Crippen molar-refractivity contribution in [3.8, 4) is 0 Å². The number of fused-ring (bicyclic) bond motifs is 1. The van der Waals surface area contributed by atoms with Gasteiger partial charge in [-0.2, -0.15) is 0 Å². The molecule has 3 rings (SSSR count). The van der Waals surface area contributed by atoms with Gasteiger partial charge in [0.15, 0.2) is 0 Å². The first kappa shape index (κ1) is 18.5. The maximum absolute atomic E-state index is 10.1. The molecule has 0 bridgehead atoms. The Balaban J connectivity index is 1.41. The summed E-state index contributed by atoms with van der Waals surface area (Å²) in [5.74, 6) is 1.83. The molecule has 3 heterocycles. The summed E-state index contributed by atoms with van der Waals surface area (Å²) in [7, 11) is 0. The molecule has 1 atom stereocenters. The number of hydrogen-bond donors (Lipinski definition) is 2. The highest BCUT2D eigenvalue weighted by Gasteiger charge is 2.09. The van der Waals surface area contributed by atoms with Gasteiger partial charge in [0, 0.05) is 30.2 Å². The van der Waals surface area contributed by atoms with Crippen molar-refractivity contribution in [2.24, 2.45) is 0 Å². The fraction of sp³-hybridized carbons (Fsp3) is 0.476. The molecular weight excluding hydrogens is 324 g/mol. The fourth-order valence-corrected chi connectivity index (χ4v) is 3.14. The van der Waals surface area contributed by atoms with Crippen molar-refractivity contribution < 1.29 is 5.11 Å². The van der Waals surface area contributed by atoms with Crippen LogP contribution in [0, 0.1) is 6.92 Å². The van der Waals surface area contributed by atoms with E-state index in [2.05, 4.69) is 27.4 Å². The van der Waals surface area contributed by atoms with Gasteiger partial charge >= 0.3 is 0 Å². The van der Waals surface area contributed by atoms with Crippen LogP contribution in [0.25, 0.3) is 6.08 Å². The Bertz CT molecular complexity index is 727. The summed E-state index contributed by atoms with van der Waals surface area (Å²) in [6.45, 7) is 2.88. The first-order chi connectivity index (χ1) is 12.7. The quantitative estimate of drug-likeness (QED) is 0.743. The molecule has 0 aliphatic carbocycles. The van der Waals surface area contributed by atoms with Gasteiger partial charge in [0.05, 0.1) is 6.10 Å². The number of aliphatic hydroxyl groups is 1. The summed E-state index contributed by atoms with van der Waals surface area (Å²) in [4.78, 5) is 13.1. The number of unbranched alkanes of at least 4 members (excludes halogenated alkanes) is 1. The van der Waals surface area contributed by atoms with E-state index >= 15 is 0 Å². The SMILES string of the molecule is Cc1ncc(/C=C/[C@H](O)CCCCc2ccc3c(n2)NCCCC3)cn1. The number of hydrogen-bond acceptors (Lipinski definition) is 5. The zero-order valence-electron chi connectivity index (χ0n) is 15.5. The molecule has 1 aliphatic heterocycles. The summed E-state index contributed by atoms with van der Waals surface area (Å²) in [5, 5.41) is 13.5. The van der Waals surface area contributed by atoms with Crippen LogP contribution in [0.15, 0.2) is 30.6 Å². The molecule has 5 nitrogen and oxygen atoms in total. The number of rotatable bonds is 7. The van der Waals surface area contributed by atoms with Crippen LogP contribution < -0.4 is 5.32 Å². The van der Waals surface area contributed by atoms with Crippen molar-refractivity contribution in [3.05, 3.63) is 53.2 Å². The molecule has 1 aliphatic rings. The number of anilines is 1. The molecule has 0 spiro atoms. The van der Waals surface area contributed by atoms with E-state index in [1.807, 2.05) is 19.1 Å². The molecule has 0 radical (unpaired) electrons. The number of aromatic nitrogens is 3. The van der Waals surface area contributed by atoms with Crippen LogP contribution in [-0.2, 0) is 12.8 Å². The zero-order valence-corrected chi connectivity index (χ0v) is 15.5. The second-order valence-corrected chi connectivity index (χ2v) is 6.93. The Morgan fingerprint density at radius 2 is 2.04 bits per heavy atom. The first-order valence-corrected chi connectivity index (χ1v) is 9.58. The highest BCUT2D eigenvalue weighted by molar-refractivity contribution is 5.47. The van der Waals surface area contributed by atoms with Crippen molar-refractivity contribution in [1.29, 1.82) is 0 Å². The molecule has 2 N–H and O–H groups in total. The molecule has 0 saturated carbocycles. The molecule has 2 aromatic heterocycles. The minimum Gasteiger partial charge on any atom is -0.389 e. The Hall–Kier alpha value is -2.27. The Labute approximate surface area is 155 Å². The second kappa shape index (κ2) is 9.43. The van der Waals surface area contributed by atoms with E-state index in [0.29, 0.717) is 0 Å². The molecule has 0 fully saturated rings. The average molecular weight is 352 g/mol. The van der Waals surface area contributed by atoms with Crippen LogP contribution in [0.3, 0.4) is 0 Å². The lowest BCUT2D eigenvalue weighted by Crippen LogP contribution is -2.05. The number of aliphatic hydroxyl groups excluding tert-OH is 1. The highest BCUT2D eigenvalue weighted by Crippen LogP contribution is 2.20. The van der Waals surface area contributed by atoms with Crippen molar-refractivity contribution in [2.45, 2.75) is 58.0 Å². The third kappa shape index (κ3) is 5.63. The molecule has 0 saturated heterocycles. The lowest BCUT2D eigenvalue weighted by atomic mass is 10.1. The molecule has 5 heteroatoms. The predicted molar refractivity (Wildman–Crippen MR) is 105 cm³/mol. The Morgan fingerprint density at radius 3 is 2.88 bits per heavy atom.